The first-order valence-corrected chi connectivity index (χ1v) is 5.89. The molecule has 0 aliphatic carbocycles. The van der Waals surface area contributed by atoms with Crippen LogP contribution in [0, 0.1) is 0 Å². The average molecular weight is 252 g/mol. The minimum absolute atomic E-state index is 0.0464. The van der Waals surface area contributed by atoms with Gasteiger partial charge in [0.1, 0.15) is 0 Å². The number of amides is 2. The highest BCUT2D eigenvalue weighted by atomic mass is 16.5. The van der Waals surface area contributed by atoms with Gasteiger partial charge in [-0.2, -0.15) is 0 Å². The Hall–Kier alpha value is -1.59. The van der Waals surface area contributed by atoms with Gasteiger partial charge in [-0.1, -0.05) is 18.2 Å². The highest BCUT2D eigenvalue weighted by molar-refractivity contribution is 5.90. The van der Waals surface area contributed by atoms with Gasteiger partial charge in [0, 0.05) is 26.4 Å². The zero-order valence-corrected chi connectivity index (χ0v) is 10.8. The van der Waals surface area contributed by atoms with Crippen LogP contribution in [-0.2, 0) is 11.2 Å². The molecule has 0 atom stereocenters. The second-order valence-electron chi connectivity index (χ2n) is 3.98. The van der Waals surface area contributed by atoms with E-state index in [9.17, 15) is 4.79 Å². The fourth-order valence-corrected chi connectivity index (χ4v) is 1.53. The number of aliphatic hydroxyl groups is 1. The van der Waals surface area contributed by atoms with Gasteiger partial charge in [-0.3, -0.25) is 0 Å². The highest BCUT2D eigenvalue weighted by Gasteiger charge is 2.10. The SMILES string of the molecule is COCCc1ccccc1NC(=O)N(C)CCO. The molecule has 0 bridgehead atoms. The van der Waals surface area contributed by atoms with Crippen LogP contribution in [0.5, 0.6) is 0 Å². The summed E-state index contributed by atoms with van der Waals surface area (Å²) in [4.78, 5) is 13.2. The molecule has 100 valence electrons. The lowest BCUT2D eigenvalue weighted by Crippen LogP contribution is -2.33. The molecule has 0 aliphatic heterocycles. The number of carbonyl (C=O) groups excluding carboxylic acids is 1. The first-order valence-electron chi connectivity index (χ1n) is 5.89. The monoisotopic (exact) mass is 252 g/mol. The van der Waals surface area contributed by atoms with E-state index in [0.29, 0.717) is 13.2 Å². The molecular weight excluding hydrogens is 232 g/mol. The predicted octanol–water partition coefficient (Wildman–Crippen LogP) is 1.33. The van der Waals surface area contributed by atoms with Crippen molar-refractivity contribution in [1.82, 2.24) is 4.90 Å². The zero-order chi connectivity index (χ0) is 13.4. The van der Waals surface area contributed by atoms with Crippen molar-refractivity contribution < 1.29 is 14.6 Å². The summed E-state index contributed by atoms with van der Waals surface area (Å²) >= 11 is 0. The van der Waals surface area contributed by atoms with Crippen LogP contribution in [0.15, 0.2) is 24.3 Å². The molecule has 0 heterocycles. The van der Waals surface area contributed by atoms with Crippen molar-refractivity contribution in [3.63, 3.8) is 0 Å². The van der Waals surface area contributed by atoms with Crippen LogP contribution in [0.2, 0.25) is 0 Å². The standard InChI is InChI=1S/C13H20N2O3/c1-15(8-9-16)13(17)14-12-6-4-3-5-11(12)7-10-18-2/h3-6,16H,7-10H2,1-2H3,(H,14,17). The number of para-hydroxylation sites is 1. The minimum atomic E-state index is -0.228. The van der Waals surface area contributed by atoms with Crippen LogP contribution in [0.3, 0.4) is 0 Å². The van der Waals surface area contributed by atoms with E-state index in [4.69, 9.17) is 9.84 Å². The van der Waals surface area contributed by atoms with E-state index >= 15 is 0 Å². The number of carbonyl (C=O) groups is 1. The van der Waals surface area contributed by atoms with E-state index in [1.807, 2.05) is 24.3 Å². The third-order valence-electron chi connectivity index (χ3n) is 2.62. The summed E-state index contributed by atoms with van der Waals surface area (Å²) in [5.41, 5.74) is 1.81. The second-order valence-corrected chi connectivity index (χ2v) is 3.98. The third-order valence-corrected chi connectivity index (χ3v) is 2.62. The van der Waals surface area contributed by atoms with Gasteiger partial charge in [0.25, 0.3) is 0 Å². The number of urea groups is 1. The first-order chi connectivity index (χ1) is 8.69. The number of hydrogen-bond acceptors (Lipinski definition) is 3. The summed E-state index contributed by atoms with van der Waals surface area (Å²) in [6.45, 7) is 0.876. The van der Waals surface area contributed by atoms with Gasteiger partial charge in [0.2, 0.25) is 0 Å². The number of benzene rings is 1. The first kappa shape index (κ1) is 14.5. The fourth-order valence-electron chi connectivity index (χ4n) is 1.53. The van der Waals surface area contributed by atoms with Crippen molar-refractivity contribution in [2.24, 2.45) is 0 Å². The van der Waals surface area contributed by atoms with Gasteiger partial charge >= 0.3 is 6.03 Å². The lowest BCUT2D eigenvalue weighted by atomic mass is 10.1. The van der Waals surface area contributed by atoms with Gasteiger partial charge < -0.3 is 20.1 Å². The summed E-state index contributed by atoms with van der Waals surface area (Å²) in [7, 11) is 3.29. The Kier molecular flexibility index (Phi) is 6.18. The van der Waals surface area contributed by atoms with Gasteiger partial charge in [-0.05, 0) is 18.1 Å². The van der Waals surface area contributed by atoms with E-state index in [-0.39, 0.29) is 12.6 Å². The van der Waals surface area contributed by atoms with Crippen LogP contribution < -0.4 is 5.32 Å². The Morgan fingerprint density at radius 2 is 2.17 bits per heavy atom. The topological polar surface area (TPSA) is 61.8 Å². The molecule has 0 aliphatic rings. The molecule has 18 heavy (non-hydrogen) atoms. The van der Waals surface area contributed by atoms with Crippen molar-refractivity contribution >= 4 is 11.7 Å². The number of likely N-dealkylation sites (N-methyl/N-ethyl adjacent to an activating group) is 1. The number of nitrogens with one attached hydrogen (secondary N) is 1. The molecule has 0 saturated heterocycles. The minimum Gasteiger partial charge on any atom is -0.395 e. The molecule has 5 heteroatoms. The van der Waals surface area contributed by atoms with E-state index in [2.05, 4.69) is 5.32 Å². The number of ether oxygens (including phenoxy) is 1. The Bertz CT molecular complexity index is 382. The largest absolute Gasteiger partial charge is 0.395 e. The van der Waals surface area contributed by atoms with Gasteiger partial charge in [0.15, 0.2) is 0 Å². The Morgan fingerprint density at radius 1 is 1.44 bits per heavy atom. The molecule has 0 radical (unpaired) electrons. The highest BCUT2D eigenvalue weighted by Crippen LogP contribution is 2.16. The molecule has 1 aromatic carbocycles. The molecule has 0 saturated carbocycles. The van der Waals surface area contributed by atoms with Gasteiger partial charge in [0.05, 0.1) is 13.2 Å². The average Bonchev–Trinajstić information content (AvgIpc) is 2.38. The Balaban J connectivity index is 2.68. The Labute approximate surface area is 107 Å². The van der Waals surface area contributed by atoms with Crippen molar-refractivity contribution in [2.45, 2.75) is 6.42 Å². The molecule has 0 unspecified atom stereocenters. The molecule has 0 spiro atoms. The third kappa shape index (κ3) is 4.35. The molecule has 1 aromatic rings. The van der Waals surface area contributed by atoms with Crippen LogP contribution in [0.25, 0.3) is 0 Å². The summed E-state index contributed by atoms with van der Waals surface area (Å²) < 4.78 is 5.04. The number of anilines is 1. The molecule has 2 N–H and O–H groups in total. The smallest absolute Gasteiger partial charge is 0.321 e. The zero-order valence-electron chi connectivity index (χ0n) is 10.8. The van der Waals surface area contributed by atoms with Crippen LogP contribution >= 0.6 is 0 Å². The van der Waals surface area contributed by atoms with E-state index in [0.717, 1.165) is 17.7 Å². The predicted molar refractivity (Wildman–Crippen MR) is 70.8 cm³/mol. The Morgan fingerprint density at radius 3 is 2.83 bits per heavy atom. The van der Waals surface area contributed by atoms with Crippen molar-refractivity contribution in [3.8, 4) is 0 Å². The van der Waals surface area contributed by atoms with E-state index in [1.165, 1.54) is 4.90 Å². The van der Waals surface area contributed by atoms with Gasteiger partial charge in [-0.25, -0.2) is 4.79 Å². The maximum absolute atomic E-state index is 11.8. The molecular formula is C13H20N2O3. The molecule has 1 rings (SSSR count). The van der Waals surface area contributed by atoms with Crippen molar-refractivity contribution in [3.05, 3.63) is 29.8 Å². The number of aliphatic hydroxyl groups excluding tert-OH is 1. The van der Waals surface area contributed by atoms with Crippen molar-refractivity contribution in [2.75, 3.05) is 39.2 Å². The number of nitrogens with zero attached hydrogens (tertiary/aromatic N) is 1. The maximum atomic E-state index is 11.8. The molecule has 0 fully saturated rings. The van der Waals surface area contributed by atoms with Crippen LogP contribution in [0.1, 0.15) is 5.56 Å². The summed E-state index contributed by atoms with van der Waals surface area (Å²) in [5.74, 6) is 0. The van der Waals surface area contributed by atoms with Gasteiger partial charge in [-0.15, -0.1) is 0 Å². The molecule has 0 aromatic heterocycles. The lowest BCUT2D eigenvalue weighted by molar-refractivity contribution is 0.201. The van der Waals surface area contributed by atoms with E-state index < -0.39 is 0 Å². The molecule has 5 nitrogen and oxygen atoms in total. The van der Waals surface area contributed by atoms with Crippen molar-refractivity contribution in [1.29, 1.82) is 0 Å². The van der Waals surface area contributed by atoms with Crippen LogP contribution in [-0.4, -0.2) is 50.0 Å². The normalized spacial score (nSPS) is 10.2. The summed E-state index contributed by atoms with van der Waals surface area (Å²) in [5, 5.41) is 11.6. The fraction of sp³-hybridized carbons (Fsp3) is 0.462. The summed E-state index contributed by atoms with van der Waals surface area (Å²) in [6.07, 6.45) is 0.747. The number of methoxy groups -OCH3 is 1. The quantitative estimate of drug-likeness (QED) is 0.803. The van der Waals surface area contributed by atoms with E-state index in [1.54, 1.807) is 14.2 Å². The summed E-state index contributed by atoms with van der Waals surface area (Å²) in [6, 6.07) is 7.39. The number of hydrogen-bond donors (Lipinski definition) is 2. The maximum Gasteiger partial charge on any atom is 0.321 e. The molecule has 2 amide bonds. The van der Waals surface area contributed by atoms with Crippen LogP contribution in [0.4, 0.5) is 10.5 Å². The lowest BCUT2D eigenvalue weighted by Gasteiger charge is -2.18. The second kappa shape index (κ2) is 7.68. The number of rotatable bonds is 6.